The van der Waals surface area contributed by atoms with Gasteiger partial charge in [-0.3, -0.25) is 14.4 Å². The van der Waals surface area contributed by atoms with E-state index in [1.54, 1.807) is 23.9 Å². The highest BCUT2D eigenvalue weighted by atomic mass is 32.2. The van der Waals surface area contributed by atoms with Crippen molar-refractivity contribution in [2.45, 2.75) is 43.0 Å². The van der Waals surface area contributed by atoms with Crippen molar-refractivity contribution in [3.63, 3.8) is 0 Å². The molecule has 2 aromatic rings. The number of carbonyl (C=O) groups excluding carboxylic acids is 1. The number of nitrogens with zero attached hydrogens (tertiary/aromatic N) is 1. The van der Waals surface area contributed by atoms with Crippen LogP contribution >= 0.6 is 11.8 Å². The zero-order valence-electron chi connectivity index (χ0n) is 17.9. The van der Waals surface area contributed by atoms with E-state index >= 15 is 0 Å². The largest absolute Gasteiger partial charge is 0.325 e. The molecule has 2 aromatic carbocycles. The normalized spacial score (nSPS) is 20.6. The molecule has 0 unspecified atom stereocenters. The second-order valence-electron chi connectivity index (χ2n) is 8.62. The van der Waals surface area contributed by atoms with E-state index in [0.717, 1.165) is 30.4 Å². The van der Waals surface area contributed by atoms with Crippen molar-refractivity contribution < 1.29 is 13.2 Å². The molecule has 1 fully saturated rings. The summed E-state index contributed by atoms with van der Waals surface area (Å²) in [5.41, 5.74) is 2.25. The van der Waals surface area contributed by atoms with Crippen molar-refractivity contribution in [3.8, 4) is 0 Å². The van der Waals surface area contributed by atoms with Crippen LogP contribution in [-0.4, -0.2) is 38.1 Å². The molecular weight excluding hydrogens is 430 g/mol. The highest BCUT2D eigenvalue weighted by Crippen LogP contribution is 2.34. The van der Waals surface area contributed by atoms with Crippen LogP contribution in [0.15, 0.2) is 52.3 Å². The summed E-state index contributed by atoms with van der Waals surface area (Å²) in [4.78, 5) is 15.6. The van der Waals surface area contributed by atoms with Gasteiger partial charge in [0.2, 0.25) is 5.91 Å². The van der Waals surface area contributed by atoms with Gasteiger partial charge >= 0.3 is 0 Å². The van der Waals surface area contributed by atoms with E-state index in [0.29, 0.717) is 17.1 Å². The fourth-order valence-electron chi connectivity index (χ4n) is 3.82. The topological polar surface area (TPSA) is 78.5 Å². The van der Waals surface area contributed by atoms with E-state index in [4.69, 9.17) is 0 Å². The molecule has 2 N–H and O–H groups in total. The number of hydrogen-bond acceptors (Lipinski definition) is 5. The lowest BCUT2D eigenvalue weighted by atomic mass is 9.99. The average molecular weight is 460 g/mol. The molecule has 4 rings (SSSR count). The fourth-order valence-corrected chi connectivity index (χ4v) is 5.91. The SMILES string of the molecule is CC1CCN(Cc2ccc(NS(=O)(=O)c3ccc4c(c3)NC(=O)[C@H](C)CS4)cc2)CC1. The van der Waals surface area contributed by atoms with Gasteiger partial charge in [0.25, 0.3) is 10.0 Å². The van der Waals surface area contributed by atoms with E-state index < -0.39 is 10.0 Å². The minimum absolute atomic E-state index is 0.0903. The lowest BCUT2D eigenvalue weighted by Gasteiger charge is -2.30. The molecule has 166 valence electrons. The second kappa shape index (κ2) is 9.22. The third-order valence-corrected chi connectivity index (χ3v) is 8.66. The van der Waals surface area contributed by atoms with Gasteiger partial charge < -0.3 is 5.32 Å². The van der Waals surface area contributed by atoms with E-state index in [1.165, 1.54) is 24.5 Å². The summed E-state index contributed by atoms with van der Waals surface area (Å²) in [5.74, 6) is 1.26. The summed E-state index contributed by atoms with van der Waals surface area (Å²) in [6.07, 6.45) is 2.47. The zero-order chi connectivity index (χ0) is 22.0. The Kier molecular flexibility index (Phi) is 6.60. The Morgan fingerprint density at radius 1 is 1.10 bits per heavy atom. The Morgan fingerprint density at radius 2 is 1.81 bits per heavy atom. The number of anilines is 2. The van der Waals surface area contributed by atoms with Crippen LogP contribution in [-0.2, 0) is 21.4 Å². The molecule has 31 heavy (non-hydrogen) atoms. The van der Waals surface area contributed by atoms with Gasteiger partial charge in [-0.05, 0) is 67.7 Å². The van der Waals surface area contributed by atoms with Gasteiger partial charge in [-0.2, -0.15) is 0 Å². The maximum atomic E-state index is 12.9. The number of carbonyl (C=O) groups is 1. The highest BCUT2D eigenvalue weighted by molar-refractivity contribution is 7.99. The Morgan fingerprint density at radius 3 is 2.52 bits per heavy atom. The number of amides is 1. The van der Waals surface area contributed by atoms with Crippen LogP contribution in [0.4, 0.5) is 11.4 Å². The molecule has 0 aliphatic carbocycles. The number of piperidine rings is 1. The first kappa shape index (κ1) is 22.2. The molecule has 0 radical (unpaired) electrons. The number of rotatable bonds is 5. The van der Waals surface area contributed by atoms with Crippen LogP contribution in [0.5, 0.6) is 0 Å². The van der Waals surface area contributed by atoms with E-state index in [2.05, 4.69) is 21.9 Å². The van der Waals surface area contributed by atoms with Crippen molar-refractivity contribution in [2.24, 2.45) is 11.8 Å². The van der Waals surface area contributed by atoms with Gasteiger partial charge in [0.15, 0.2) is 0 Å². The van der Waals surface area contributed by atoms with Gasteiger partial charge in [0.1, 0.15) is 0 Å². The number of sulfonamides is 1. The van der Waals surface area contributed by atoms with Crippen LogP contribution in [0.2, 0.25) is 0 Å². The summed E-state index contributed by atoms with van der Waals surface area (Å²) in [5, 5.41) is 2.84. The molecule has 8 heteroatoms. The Labute approximate surface area is 188 Å². The minimum Gasteiger partial charge on any atom is -0.325 e. The van der Waals surface area contributed by atoms with Crippen LogP contribution in [0, 0.1) is 11.8 Å². The first-order valence-electron chi connectivity index (χ1n) is 10.7. The lowest BCUT2D eigenvalue weighted by molar-refractivity contribution is -0.118. The quantitative estimate of drug-likeness (QED) is 0.693. The number of hydrogen-bond donors (Lipinski definition) is 2. The van der Waals surface area contributed by atoms with Crippen LogP contribution in [0.25, 0.3) is 0 Å². The monoisotopic (exact) mass is 459 g/mol. The maximum Gasteiger partial charge on any atom is 0.261 e. The van der Waals surface area contributed by atoms with Crippen molar-refractivity contribution in [1.82, 2.24) is 4.90 Å². The van der Waals surface area contributed by atoms with Crippen LogP contribution < -0.4 is 10.0 Å². The molecule has 0 spiro atoms. The summed E-state index contributed by atoms with van der Waals surface area (Å²) >= 11 is 1.56. The summed E-state index contributed by atoms with van der Waals surface area (Å²) in [6.45, 7) is 7.28. The van der Waals surface area contributed by atoms with Gasteiger partial charge in [0.05, 0.1) is 10.6 Å². The minimum atomic E-state index is -3.76. The van der Waals surface area contributed by atoms with Crippen LogP contribution in [0.3, 0.4) is 0 Å². The molecule has 0 saturated carbocycles. The summed E-state index contributed by atoms with van der Waals surface area (Å²) in [7, 11) is -3.76. The molecule has 0 aromatic heterocycles. The average Bonchev–Trinajstić information content (AvgIpc) is 2.89. The molecule has 6 nitrogen and oxygen atoms in total. The molecule has 1 saturated heterocycles. The van der Waals surface area contributed by atoms with Crippen molar-refractivity contribution in [2.75, 3.05) is 28.9 Å². The number of benzene rings is 2. The van der Waals surface area contributed by atoms with Crippen LogP contribution in [0.1, 0.15) is 32.3 Å². The number of thioether (sulfide) groups is 1. The molecular formula is C23H29N3O3S2. The number of nitrogens with one attached hydrogen (secondary N) is 2. The Bertz CT molecular complexity index is 1050. The smallest absolute Gasteiger partial charge is 0.261 e. The molecule has 2 aliphatic rings. The molecule has 1 amide bonds. The third-order valence-electron chi connectivity index (χ3n) is 5.94. The first-order valence-corrected chi connectivity index (χ1v) is 13.2. The summed E-state index contributed by atoms with van der Waals surface area (Å²) in [6, 6.07) is 12.4. The predicted molar refractivity (Wildman–Crippen MR) is 126 cm³/mol. The summed E-state index contributed by atoms with van der Waals surface area (Å²) < 4.78 is 28.5. The molecule has 0 bridgehead atoms. The number of fused-ring (bicyclic) bond motifs is 1. The van der Waals surface area contributed by atoms with E-state index in [9.17, 15) is 13.2 Å². The zero-order valence-corrected chi connectivity index (χ0v) is 19.6. The Hall–Kier alpha value is -2.03. The molecule has 2 aliphatic heterocycles. The van der Waals surface area contributed by atoms with Crippen molar-refractivity contribution in [1.29, 1.82) is 0 Å². The van der Waals surface area contributed by atoms with Crippen molar-refractivity contribution >= 4 is 39.1 Å². The van der Waals surface area contributed by atoms with Crippen molar-refractivity contribution in [3.05, 3.63) is 48.0 Å². The van der Waals surface area contributed by atoms with E-state index in [1.807, 2.05) is 31.2 Å². The molecule has 1 atom stereocenters. The predicted octanol–water partition coefficient (Wildman–Crippen LogP) is 4.40. The van der Waals surface area contributed by atoms with Gasteiger partial charge in [-0.1, -0.05) is 26.0 Å². The third kappa shape index (κ3) is 5.42. The second-order valence-corrected chi connectivity index (χ2v) is 11.4. The highest BCUT2D eigenvalue weighted by Gasteiger charge is 2.23. The maximum absolute atomic E-state index is 12.9. The van der Waals surface area contributed by atoms with E-state index in [-0.39, 0.29) is 16.7 Å². The lowest BCUT2D eigenvalue weighted by Crippen LogP contribution is -2.32. The van der Waals surface area contributed by atoms with Gasteiger partial charge in [0, 0.05) is 28.8 Å². The number of likely N-dealkylation sites (tertiary alicyclic amines) is 1. The first-order chi connectivity index (χ1) is 14.8. The standard InChI is InChI=1S/C23H29N3O3S2/c1-16-9-11-26(12-10-16)14-18-3-5-19(6-4-18)25-31(28,29)20-7-8-22-21(13-20)24-23(27)17(2)15-30-22/h3-8,13,16-17,25H,9-12,14-15H2,1-2H3,(H,24,27)/t17-/m1/s1. The molecule has 2 heterocycles. The van der Waals surface area contributed by atoms with Gasteiger partial charge in [-0.15, -0.1) is 11.8 Å². The Balaban J connectivity index is 1.44. The fraction of sp³-hybridized carbons (Fsp3) is 0.435. The van der Waals surface area contributed by atoms with Gasteiger partial charge in [-0.25, -0.2) is 8.42 Å².